The highest BCUT2D eigenvalue weighted by Gasteiger charge is 2.14. The van der Waals surface area contributed by atoms with E-state index < -0.39 is 0 Å². The van der Waals surface area contributed by atoms with Crippen LogP contribution in [0.2, 0.25) is 0 Å². The number of ether oxygens (including phenoxy) is 1. The summed E-state index contributed by atoms with van der Waals surface area (Å²) in [7, 11) is 0. The monoisotopic (exact) mass is 342 g/mol. The molecule has 2 aromatic carbocycles. The topological polar surface area (TPSA) is 33.3 Å². The first kappa shape index (κ1) is 17.9. The van der Waals surface area contributed by atoms with Crippen molar-refractivity contribution in [3.8, 4) is 0 Å². The molecule has 2 N–H and O–H groups in total. The summed E-state index contributed by atoms with van der Waals surface area (Å²) >= 11 is 0. The van der Waals surface area contributed by atoms with E-state index in [9.17, 15) is 4.39 Å². The Balaban J connectivity index is 1.50. The number of benzene rings is 2. The Morgan fingerprint density at radius 2 is 1.76 bits per heavy atom. The highest BCUT2D eigenvalue weighted by Crippen LogP contribution is 2.24. The zero-order chi connectivity index (χ0) is 17.3. The first-order chi connectivity index (χ1) is 12.3. The summed E-state index contributed by atoms with van der Waals surface area (Å²) in [4.78, 5) is 0. The molecule has 3 rings (SSSR count). The van der Waals surface area contributed by atoms with E-state index in [4.69, 9.17) is 4.74 Å². The Morgan fingerprint density at radius 3 is 2.56 bits per heavy atom. The molecule has 0 heterocycles. The van der Waals surface area contributed by atoms with Crippen molar-refractivity contribution >= 4 is 5.69 Å². The molecule has 0 spiro atoms. The Kier molecular flexibility index (Phi) is 6.83. The molecule has 1 aliphatic carbocycles. The SMILES string of the molecule is Fc1ccc(CNNc2ccccc2)c(COCC2CCCCC2)c1. The van der Waals surface area contributed by atoms with E-state index in [-0.39, 0.29) is 5.82 Å². The van der Waals surface area contributed by atoms with E-state index in [1.807, 2.05) is 36.4 Å². The molecule has 1 saturated carbocycles. The Labute approximate surface area is 149 Å². The predicted octanol–water partition coefficient (Wildman–Crippen LogP) is 5.04. The van der Waals surface area contributed by atoms with Crippen LogP contribution in [0.15, 0.2) is 48.5 Å². The molecule has 0 atom stereocenters. The summed E-state index contributed by atoms with van der Waals surface area (Å²) in [6.45, 7) is 1.86. The van der Waals surface area contributed by atoms with Crippen molar-refractivity contribution in [3.05, 3.63) is 65.5 Å². The number of rotatable bonds is 8. The maximum Gasteiger partial charge on any atom is 0.123 e. The quantitative estimate of drug-likeness (QED) is 0.660. The lowest BCUT2D eigenvalue weighted by molar-refractivity contribution is 0.0733. The normalized spacial score (nSPS) is 15.2. The second-order valence-corrected chi connectivity index (χ2v) is 6.78. The number of para-hydroxylation sites is 1. The minimum Gasteiger partial charge on any atom is -0.376 e. The van der Waals surface area contributed by atoms with Crippen LogP contribution in [0.25, 0.3) is 0 Å². The van der Waals surface area contributed by atoms with Gasteiger partial charge in [0.05, 0.1) is 6.61 Å². The number of hydrogen-bond acceptors (Lipinski definition) is 3. The van der Waals surface area contributed by atoms with Gasteiger partial charge in [-0.25, -0.2) is 9.82 Å². The Bertz CT molecular complexity index is 642. The molecule has 0 saturated heterocycles. The molecule has 1 fully saturated rings. The standard InChI is InChI=1S/C21H27FN2O/c22-20-12-11-18(14-23-24-21-9-5-2-6-10-21)19(13-20)16-25-15-17-7-3-1-4-8-17/h2,5-6,9-13,17,23-24H,1,3-4,7-8,14-16H2. The zero-order valence-corrected chi connectivity index (χ0v) is 14.6. The first-order valence-corrected chi connectivity index (χ1v) is 9.20. The van der Waals surface area contributed by atoms with Gasteiger partial charge in [0.1, 0.15) is 5.82 Å². The molecule has 0 bridgehead atoms. The van der Waals surface area contributed by atoms with E-state index in [0.29, 0.717) is 19.1 Å². The molecule has 0 amide bonds. The lowest BCUT2D eigenvalue weighted by Gasteiger charge is -2.21. The molecule has 0 radical (unpaired) electrons. The van der Waals surface area contributed by atoms with Crippen LogP contribution >= 0.6 is 0 Å². The third kappa shape index (κ3) is 5.83. The van der Waals surface area contributed by atoms with Crippen molar-refractivity contribution in [2.24, 2.45) is 5.92 Å². The van der Waals surface area contributed by atoms with Gasteiger partial charge in [-0.15, -0.1) is 0 Å². The van der Waals surface area contributed by atoms with Gasteiger partial charge in [-0.2, -0.15) is 0 Å². The number of hydrazine groups is 1. The van der Waals surface area contributed by atoms with Crippen LogP contribution in [0.5, 0.6) is 0 Å². The molecule has 134 valence electrons. The van der Waals surface area contributed by atoms with Gasteiger partial charge in [-0.1, -0.05) is 43.5 Å². The third-order valence-electron chi connectivity index (χ3n) is 4.79. The third-order valence-corrected chi connectivity index (χ3v) is 4.79. The molecule has 0 aromatic heterocycles. The maximum atomic E-state index is 13.6. The number of anilines is 1. The summed E-state index contributed by atoms with van der Waals surface area (Å²) in [6, 6.07) is 14.8. The van der Waals surface area contributed by atoms with Crippen LogP contribution < -0.4 is 10.9 Å². The smallest absolute Gasteiger partial charge is 0.123 e. The van der Waals surface area contributed by atoms with Crippen LogP contribution in [0, 0.1) is 11.7 Å². The van der Waals surface area contributed by atoms with Crippen LogP contribution in [0.1, 0.15) is 43.2 Å². The van der Waals surface area contributed by atoms with Crippen molar-refractivity contribution in [1.29, 1.82) is 0 Å². The molecular weight excluding hydrogens is 315 g/mol. The fourth-order valence-corrected chi connectivity index (χ4v) is 3.35. The van der Waals surface area contributed by atoms with Crippen molar-refractivity contribution in [2.45, 2.75) is 45.3 Å². The van der Waals surface area contributed by atoms with Crippen molar-refractivity contribution < 1.29 is 9.13 Å². The summed E-state index contributed by atoms with van der Waals surface area (Å²) in [5, 5.41) is 0. The van der Waals surface area contributed by atoms with Crippen molar-refractivity contribution in [3.63, 3.8) is 0 Å². The van der Waals surface area contributed by atoms with E-state index in [1.165, 1.54) is 38.2 Å². The van der Waals surface area contributed by atoms with Gasteiger partial charge < -0.3 is 10.2 Å². The summed E-state index contributed by atoms with van der Waals surface area (Å²) in [5.74, 6) is 0.458. The van der Waals surface area contributed by atoms with Crippen LogP contribution in [0.3, 0.4) is 0 Å². The average Bonchev–Trinajstić information content (AvgIpc) is 2.65. The van der Waals surface area contributed by atoms with E-state index in [2.05, 4.69) is 10.9 Å². The second-order valence-electron chi connectivity index (χ2n) is 6.78. The lowest BCUT2D eigenvalue weighted by atomic mass is 9.90. The van der Waals surface area contributed by atoms with Crippen LogP contribution in [0.4, 0.5) is 10.1 Å². The largest absolute Gasteiger partial charge is 0.376 e. The van der Waals surface area contributed by atoms with E-state index in [1.54, 1.807) is 6.07 Å². The lowest BCUT2D eigenvalue weighted by Crippen LogP contribution is -2.22. The highest BCUT2D eigenvalue weighted by atomic mass is 19.1. The number of hydrogen-bond donors (Lipinski definition) is 2. The fourth-order valence-electron chi connectivity index (χ4n) is 3.35. The van der Waals surface area contributed by atoms with Gasteiger partial charge in [0.25, 0.3) is 0 Å². The summed E-state index contributed by atoms with van der Waals surface area (Å²) in [6.07, 6.45) is 6.50. The molecular formula is C21H27FN2O. The van der Waals surface area contributed by atoms with Gasteiger partial charge in [-0.05, 0) is 54.2 Å². The Morgan fingerprint density at radius 1 is 0.960 bits per heavy atom. The minimum absolute atomic E-state index is 0.212. The molecule has 4 heteroatoms. The number of halogens is 1. The predicted molar refractivity (Wildman–Crippen MR) is 99.5 cm³/mol. The van der Waals surface area contributed by atoms with Crippen molar-refractivity contribution in [1.82, 2.24) is 5.43 Å². The van der Waals surface area contributed by atoms with Gasteiger partial charge in [-0.3, -0.25) is 0 Å². The Hall–Kier alpha value is -1.91. The molecule has 0 unspecified atom stereocenters. The molecule has 0 aliphatic heterocycles. The molecule has 2 aromatic rings. The summed E-state index contributed by atoms with van der Waals surface area (Å²) < 4.78 is 19.5. The molecule has 1 aliphatic rings. The maximum absolute atomic E-state index is 13.6. The van der Waals surface area contributed by atoms with Crippen molar-refractivity contribution in [2.75, 3.05) is 12.0 Å². The molecule has 3 nitrogen and oxygen atoms in total. The van der Waals surface area contributed by atoms with Gasteiger partial charge in [0.2, 0.25) is 0 Å². The summed E-state index contributed by atoms with van der Waals surface area (Å²) in [5.41, 5.74) is 9.31. The first-order valence-electron chi connectivity index (χ1n) is 9.20. The second kappa shape index (κ2) is 9.54. The fraction of sp³-hybridized carbons (Fsp3) is 0.429. The van der Waals surface area contributed by atoms with Gasteiger partial charge in [0, 0.05) is 18.8 Å². The van der Waals surface area contributed by atoms with Crippen LogP contribution in [-0.4, -0.2) is 6.61 Å². The molecule has 25 heavy (non-hydrogen) atoms. The van der Waals surface area contributed by atoms with Gasteiger partial charge >= 0.3 is 0 Å². The average molecular weight is 342 g/mol. The minimum atomic E-state index is -0.212. The van der Waals surface area contributed by atoms with Crippen LogP contribution in [-0.2, 0) is 17.9 Å². The van der Waals surface area contributed by atoms with E-state index in [0.717, 1.165) is 23.4 Å². The zero-order valence-electron chi connectivity index (χ0n) is 14.6. The van der Waals surface area contributed by atoms with Gasteiger partial charge in [0.15, 0.2) is 0 Å². The number of nitrogens with one attached hydrogen (secondary N) is 2. The highest BCUT2D eigenvalue weighted by molar-refractivity contribution is 5.41. The van der Waals surface area contributed by atoms with E-state index >= 15 is 0 Å².